The molecule has 0 heterocycles. The van der Waals surface area contributed by atoms with Crippen molar-refractivity contribution in [1.29, 1.82) is 0 Å². The molecule has 0 aliphatic heterocycles. The third kappa shape index (κ3) is 5.23. The summed E-state index contributed by atoms with van der Waals surface area (Å²) in [6.07, 6.45) is 1.15. The molecule has 0 fully saturated rings. The van der Waals surface area contributed by atoms with Crippen LogP contribution in [0.5, 0.6) is 0 Å². The number of hydrogen-bond acceptors (Lipinski definition) is 3. The fourth-order valence-corrected chi connectivity index (χ4v) is 3.38. The normalized spacial score (nSPS) is 13.1. The van der Waals surface area contributed by atoms with Gasteiger partial charge in [-0.2, -0.15) is 0 Å². The molecule has 1 aromatic carbocycles. The number of hydrogen-bond donors (Lipinski definition) is 1. The zero-order chi connectivity index (χ0) is 13.9. The second-order valence-electron chi connectivity index (χ2n) is 4.09. The summed E-state index contributed by atoms with van der Waals surface area (Å²) >= 11 is 5.41. The fourth-order valence-electron chi connectivity index (χ4n) is 1.47. The van der Waals surface area contributed by atoms with Crippen LogP contribution in [-0.4, -0.2) is 32.4 Å². The standard InChI is InChI=1S/C11H13BrINO3S/c1-7(6-18(2,16)17)14-11(15)9-5-8(13)3-4-10(9)12/h3-5,7H,6H2,1-2H3,(H,14,15). The minimum absolute atomic E-state index is 0.0692. The number of rotatable bonds is 4. The lowest BCUT2D eigenvalue weighted by molar-refractivity contribution is 0.0943. The topological polar surface area (TPSA) is 63.2 Å². The van der Waals surface area contributed by atoms with Crippen molar-refractivity contribution in [2.75, 3.05) is 12.0 Å². The maximum atomic E-state index is 12.0. The van der Waals surface area contributed by atoms with Crippen LogP contribution >= 0.6 is 38.5 Å². The third-order valence-electron chi connectivity index (χ3n) is 2.10. The lowest BCUT2D eigenvalue weighted by Gasteiger charge is -2.13. The molecule has 4 nitrogen and oxygen atoms in total. The molecule has 1 unspecified atom stereocenters. The van der Waals surface area contributed by atoms with E-state index in [0.717, 1.165) is 9.83 Å². The van der Waals surface area contributed by atoms with Crippen molar-refractivity contribution in [2.45, 2.75) is 13.0 Å². The first kappa shape index (κ1) is 15.9. The molecule has 1 N–H and O–H groups in total. The molecular weight excluding hydrogens is 433 g/mol. The van der Waals surface area contributed by atoms with Crippen LogP contribution in [0.25, 0.3) is 0 Å². The molecule has 1 amide bonds. The Hall–Kier alpha value is -0.150. The summed E-state index contributed by atoms with van der Waals surface area (Å²) in [5.74, 6) is -0.350. The van der Waals surface area contributed by atoms with Crippen LogP contribution in [0.4, 0.5) is 0 Å². The highest BCUT2D eigenvalue weighted by Gasteiger charge is 2.16. The summed E-state index contributed by atoms with van der Waals surface area (Å²) < 4.78 is 23.9. The Balaban J connectivity index is 2.80. The van der Waals surface area contributed by atoms with Gasteiger partial charge in [0.15, 0.2) is 0 Å². The van der Waals surface area contributed by atoms with Crippen LogP contribution in [-0.2, 0) is 9.84 Å². The summed E-state index contributed by atoms with van der Waals surface area (Å²) in [4.78, 5) is 12.0. The summed E-state index contributed by atoms with van der Waals surface area (Å²) in [6.45, 7) is 1.67. The van der Waals surface area contributed by atoms with Gasteiger partial charge >= 0.3 is 0 Å². The van der Waals surface area contributed by atoms with Crippen LogP contribution < -0.4 is 5.32 Å². The zero-order valence-electron chi connectivity index (χ0n) is 9.91. The van der Waals surface area contributed by atoms with E-state index in [9.17, 15) is 13.2 Å². The monoisotopic (exact) mass is 445 g/mol. The number of amides is 1. The molecule has 0 bridgehead atoms. The summed E-state index contributed by atoms with van der Waals surface area (Å²) in [7, 11) is -3.10. The lowest BCUT2D eigenvalue weighted by atomic mass is 10.2. The van der Waals surface area contributed by atoms with E-state index in [1.165, 1.54) is 0 Å². The van der Waals surface area contributed by atoms with E-state index in [-0.39, 0.29) is 11.7 Å². The first-order valence-corrected chi connectivity index (χ1v) is 9.06. The lowest BCUT2D eigenvalue weighted by Crippen LogP contribution is -2.37. The minimum atomic E-state index is -3.10. The van der Waals surface area contributed by atoms with E-state index in [2.05, 4.69) is 43.8 Å². The van der Waals surface area contributed by atoms with Gasteiger partial charge in [0.2, 0.25) is 0 Å². The van der Waals surface area contributed by atoms with Crippen LogP contribution in [0.2, 0.25) is 0 Å². The van der Waals surface area contributed by atoms with Crippen molar-refractivity contribution in [1.82, 2.24) is 5.32 Å². The smallest absolute Gasteiger partial charge is 0.252 e. The molecule has 0 aliphatic rings. The second-order valence-corrected chi connectivity index (χ2v) is 8.38. The molecule has 100 valence electrons. The summed E-state index contributed by atoms with van der Waals surface area (Å²) in [6, 6.07) is 4.99. The number of benzene rings is 1. The van der Waals surface area contributed by atoms with Crippen molar-refractivity contribution < 1.29 is 13.2 Å². The average Bonchev–Trinajstić information content (AvgIpc) is 2.18. The van der Waals surface area contributed by atoms with E-state index >= 15 is 0 Å². The molecular formula is C11H13BrINO3S. The Labute approximate surface area is 129 Å². The second kappa shape index (κ2) is 6.33. The van der Waals surface area contributed by atoms with Crippen molar-refractivity contribution in [3.63, 3.8) is 0 Å². The number of carbonyl (C=O) groups excluding carboxylic acids is 1. The van der Waals surface area contributed by atoms with Gasteiger partial charge < -0.3 is 5.32 Å². The highest BCUT2D eigenvalue weighted by Crippen LogP contribution is 2.19. The Morgan fingerprint density at radius 3 is 2.67 bits per heavy atom. The molecule has 7 heteroatoms. The molecule has 1 rings (SSSR count). The number of halogens is 2. The Morgan fingerprint density at radius 2 is 2.11 bits per heavy atom. The van der Waals surface area contributed by atoms with Gasteiger partial charge in [-0.25, -0.2) is 8.42 Å². The number of nitrogens with one attached hydrogen (secondary N) is 1. The van der Waals surface area contributed by atoms with Gasteiger partial charge in [-0.15, -0.1) is 0 Å². The first-order valence-electron chi connectivity index (χ1n) is 5.12. The Morgan fingerprint density at radius 1 is 1.50 bits per heavy atom. The average molecular weight is 446 g/mol. The van der Waals surface area contributed by atoms with Gasteiger partial charge in [-0.1, -0.05) is 0 Å². The first-order chi connectivity index (χ1) is 8.19. The van der Waals surface area contributed by atoms with E-state index in [1.54, 1.807) is 19.1 Å². The predicted octanol–water partition coefficient (Wildman–Crippen LogP) is 2.22. The quantitative estimate of drug-likeness (QED) is 0.722. The fraction of sp³-hybridized carbons (Fsp3) is 0.364. The van der Waals surface area contributed by atoms with Gasteiger partial charge in [0.1, 0.15) is 9.84 Å². The van der Waals surface area contributed by atoms with Crippen LogP contribution in [0, 0.1) is 3.57 Å². The molecule has 0 spiro atoms. The highest BCUT2D eigenvalue weighted by molar-refractivity contribution is 14.1. The molecule has 0 saturated carbocycles. The predicted molar refractivity (Wildman–Crippen MR) is 83.5 cm³/mol. The van der Waals surface area contributed by atoms with E-state index in [0.29, 0.717) is 10.0 Å². The molecule has 0 aliphatic carbocycles. The van der Waals surface area contributed by atoms with E-state index < -0.39 is 15.9 Å². The van der Waals surface area contributed by atoms with Crippen molar-refractivity contribution in [2.24, 2.45) is 0 Å². The Kier molecular flexibility index (Phi) is 5.60. The molecule has 0 saturated heterocycles. The number of carbonyl (C=O) groups is 1. The minimum Gasteiger partial charge on any atom is -0.349 e. The van der Waals surface area contributed by atoms with Crippen LogP contribution in [0.15, 0.2) is 22.7 Å². The molecule has 1 atom stereocenters. The van der Waals surface area contributed by atoms with Gasteiger partial charge in [0, 0.05) is 20.3 Å². The van der Waals surface area contributed by atoms with Crippen LogP contribution in [0.3, 0.4) is 0 Å². The van der Waals surface area contributed by atoms with E-state index in [1.807, 2.05) is 6.07 Å². The third-order valence-corrected chi connectivity index (χ3v) is 4.57. The maximum absolute atomic E-state index is 12.0. The van der Waals surface area contributed by atoms with Gasteiger partial charge in [0.05, 0.1) is 11.3 Å². The van der Waals surface area contributed by atoms with Crippen molar-refractivity contribution >= 4 is 54.3 Å². The highest BCUT2D eigenvalue weighted by atomic mass is 127. The van der Waals surface area contributed by atoms with Crippen molar-refractivity contribution in [3.8, 4) is 0 Å². The largest absolute Gasteiger partial charge is 0.349 e. The van der Waals surface area contributed by atoms with Gasteiger partial charge in [-0.05, 0) is 63.6 Å². The molecule has 0 aromatic heterocycles. The molecule has 0 radical (unpaired) electrons. The molecule has 1 aromatic rings. The summed E-state index contributed by atoms with van der Waals surface area (Å²) in [5.41, 5.74) is 0.502. The van der Waals surface area contributed by atoms with Gasteiger partial charge in [0.25, 0.3) is 5.91 Å². The SMILES string of the molecule is CC(CS(C)(=O)=O)NC(=O)c1cc(I)ccc1Br. The van der Waals surface area contributed by atoms with Crippen LogP contribution in [0.1, 0.15) is 17.3 Å². The zero-order valence-corrected chi connectivity index (χ0v) is 14.5. The van der Waals surface area contributed by atoms with E-state index in [4.69, 9.17) is 0 Å². The van der Waals surface area contributed by atoms with Gasteiger partial charge in [-0.3, -0.25) is 4.79 Å². The maximum Gasteiger partial charge on any atom is 0.252 e. The Bertz CT molecular complexity index is 559. The summed E-state index contributed by atoms with van der Waals surface area (Å²) in [5, 5.41) is 2.67. The number of sulfone groups is 1. The van der Waals surface area contributed by atoms with Crippen molar-refractivity contribution in [3.05, 3.63) is 31.8 Å². The molecule has 18 heavy (non-hydrogen) atoms.